The third kappa shape index (κ3) is 5.07. The number of aromatic nitrogens is 1. The van der Waals surface area contributed by atoms with Gasteiger partial charge in [0.1, 0.15) is 0 Å². The van der Waals surface area contributed by atoms with E-state index in [-0.39, 0.29) is 5.41 Å². The van der Waals surface area contributed by atoms with Crippen LogP contribution < -0.4 is 0 Å². The molecular weight excluding hydrogens is 338 g/mol. The van der Waals surface area contributed by atoms with Crippen LogP contribution in [0.1, 0.15) is 70.3 Å². The fourth-order valence-electron chi connectivity index (χ4n) is 3.61. The summed E-state index contributed by atoms with van der Waals surface area (Å²) in [4.78, 5) is 3.75. The first kappa shape index (κ1) is 22.3. The number of aromatic amines is 1. The van der Waals surface area contributed by atoms with Crippen LogP contribution >= 0.6 is 0 Å². The van der Waals surface area contributed by atoms with Crippen molar-refractivity contribution in [2.24, 2.45) is 11.3 Å². The van der Waals surface area contributed by atoms with Gasteiger partial charge in [-0.1, -0.05) is 71.6 Å². The minimum Gasteiger partial charge on any atom is -0.358 e. The third-order valence-electron chi connectivity index (χ3n) is 5.88. The highest BCUT2D eigenvalue weighted by atomic mass is 14.7. The van der Waals surface area contributed by atoms with E-state index in [1.807, 2.05) is 0 Å². The van der Waals surface area contributed by atoms with E-state index >= 15 is 0 Å². The fraction of sp³-hybridized carbons (Fsp3) is 0.481. The molecule has 0 bridgehead atoms. The number of aryl methyl sites for hydroxylation is 3. The maximum absolute atomic E-state index is 4.35. The second-order valence-electron chi connectivity index (χ2n) is 9.84. The van der Waals surface area contributed by atoms with Crippen molar-refractivity contribution in [3.63, 3.8) is 0 Å². The van der Waals surface area contributed by atoms with E-state index in [4.69, 9.17) is 0 Å². The van der Waals surface area contributed by atoms with Crippen LogP contribution in [-0.4, -0.2) is 4.98 Å². The second kappa shape index (κ2) is 8.55. The predicted molar refractivity (Wildman–Crippen MR) is 126 cm³/mol. The van der Waals surface area contributed by atoms with Crippen LogP contribution in [-0.2, 0) is 12.8 Å². The van der Waals surface area contributed by atoms with Gasteiger partial charge in [-0.05, 0) is 79.2 Å². The summed E-state index contributed by atoms with van der Waals surface area (Å²) < 4.78 is 0. The number of H-pyrrole nitrogens is 1. The molecule has 1 aromatic carbocycles. The number of rotatable bonds is 7. The van der Waals surface area contributed by atoms with Crippen LogP contribution in [0.15, 0.2) is 48.1 Å². The molecule has 0 aliphatic carbocycles. The monoisotopic (exact) mass is 377 g/mol. The molecule has 152 valence electrons. The Morgan fingerprint density at radius 3 is 2.29 bits per heavy atom. The zero-order valence-corrected chi connectivity index (χ0v) is 19.3. The average Bonchev–Trinajstić information content (AvgIpc) is 2.93. The Kier molecular flexibility index (Phi) is 6.80. The minimum atomic E-state index is 0.166. The van der Waals surface area contributed by atoms with Crippen molar-refractivity contribution in [3.8, 4) is 0 Å². The van der Waals surface area contributed by atoms with E-state index < -0.39 is 0 Å². The van der Waals surface area contributed by atoms with Crippen molar-refractivity contribution in [2.75, 3.05) is 0 Å². The summed E-state index contributed by atoms with van der Waals surface area (Å²) in [5.74, 6) is 0.628. The van der Waals surface area contributed by atoms with Crippen molar-refractivity contribution in [1.82, 2.24) is 4.98 Å². The van der Waals surface area contributed by atoms with E-state index in [1.165, 1.54) is 38.9 Å². The zero-order chi connectivity index (χ0) is 21.2. The second-order valence-corrected chi connectivity index (χ2v) is 9.84. The number of fused-ring (bicyclic) bond motifs is 1. The first-order chi connectivity index (χ1) is 12.9. The summed E-state index contributed by atoms with van der Waals surface area (Å²) in [5.41, 5.74) is 10.6. The van der Waals surface area contributed by atoms with Gasteiger partial charge < -0.3 is 4.98 Å². The Balaban J connectivity index is 2.31. The molecule has 0 saturated carbocycles. The molecular formula is C27H39N. The van der Waals surface area contributed by atoms with Crippen molar-refractivity contribution >= 4 is 10.9 Å². The third-order valence-corrected chi connectivity index (χ3v) is 5.88. The standard InChI is InChI=1S/C27H39N/c1-17(2)15-24-23(25-19(4)11-12-20(5)26(25)28-24)14-13-18(3)21(6)16-22(7)27(8,9)10/h11-12,16-17,28H,3,6,13-15H2,1-2,4-5,7-10H3/b22-16+. The number of allylic oxidation sites excluding steroid dienone is 4. The molecule has 0 amide bonds. The van der Waals surface area contributed by atoms with Crippen LogP contribution in [0, 0.1) is 25.2 Å². The van der Waals surface area contributed by atoms with Crippen LogP contribution in [0.3, 0.4) is 0 Å². The van der Waals surface area contributed by atoms with Gasteiger partial charge in [0.05, 0.1) is 0 Å². The highest BCUT2D eigenvalue weighted by Crippen LogP contribution is 2.32. The Morgan fingerprint density at radius 2 is 1.71 bits per heavy atom. The first-order valence-corrected chi connectivity index (χ1v) is 10.6. The van der Waals surface area contributed by atoms with Crippen molar-refractivity contribution in [2.45, 2.75) is 74.7 Å². The predicted octanol–water partition coefficient (Wildman–Crippen LogP) is 8.02. The minimum absolute atomic E-state index is 0.166. The molecule has 0 aliphatic heterocycles. The van der Waals surface area contributed by atoms with E-state index in [9.17, 15) is 0 Å². The first-order valence-electron chi connectivity index (χ1n) is 10.6. The van der Waals surface area contributed by atoms with Crippen LogP contribution in [0.4, 0.5) is 0 Å². The van der Waals surface area contributed by atoms with Gasteiger partial charge in [0.2, 0.25) is 0 Å². The van der Waals surface area contributed by atoms with Crippen molar-refractivity contribution in [1.29, 1.82) is 0 Å². The van der Waals surface area contributed by atoms with E-state index in [0.29, 0.717) is 5.92 Å². The molecule has 1 aromatic heterocycles. The van der Waals surface area contributed by atoms with Crippen molar-refractivity contribution in [3.05, 3.63) is 70.5 Å². The Labute approximate surface area is 172 Å². The molecule has 0 unspecified atom stereocenters. The smallest absolute Gasteiger partial charge is 0.0491 e. The molecule has 0 atom stereocenters. The SMILES string of the molecule is C=C(/C=C(\C)C(C)(C)C)C(=C)CCc1c(CC(C)C)[nH]c2c(C)ccc(C)c12. The molecule has 0 saturated heterocycles. The number of hydrogen-bond acceptors (Lipinski definition) is 0. The quantitative estimate of drug-likeness (QED) is 0.470. The highest BCUT2D eigenvalue weighted by Gasteiger charge is 2.17. The topological polar surface area (TPSA) is 15.8 Å². The Hall–Kier alpha value is -2.02. The normalized spacial score (nSPS) is 12.8. The Morgan fingerprint density at radius 1 is 1.11 bits per heavy atom. The summed E-state index contributed by atoms with van der Waals surface area (Å²) in [6, 6.07) is 4.47. The molecule has 0 aliphatic rings. The molecule has 1 nitrogen and oxygen atoms in total. The maximum Gasteiger partial charge on any atom is 0.0491 e. The molecule has 0 spiro atoms. The lowest BCUT2D eigenvalue weighted by Gasteiger charge is -2.20. The lowest BCUT2D eigenvalue weighted by atomic mass is 9.85. The zero-order valence-electron chi connectivity index (χ0n) is 19.3. The summed E-state index contributed by atoms with van der Waals surface area (Å²) in [6.07, 6.45) is 5.24. The Bertz CT molecular complexity index is 910. The largest absolute Gasteiger partial charge is 0.358 e. The van der Waals surface area contributed by atoms with Crippen LogP contribution in [0.2, 0.25) is 0 Å². The molecule has 1 heteroatoms. The number of nitrogens with one attached hydrogen (secondary N) is 1. The van der Waals surface area contributed by atoms with Gasteiger partial charge in [-0.2, -0.15) is 0 Å². The molecule has 0 fully saturated rings. The summed E-state index contributed by atoms with van der Waals surface area (Å²) in [7, 11) is 0. The van der Waals surface area contributed by atoms with Crippen LogP contribution in [0.25, 0.3) is 10.9 Å². The fourth-order valence-corrected chi connectivity index (χ4v) is 3.61. The highest BCUT2D eigenvalue weighted by molar-refractivity contribution is 5.90. The van der Waals surface area contributed by atoms with Gasteiger partial charge in [-0.25, -0.2) is 0 Å². The lowest BCUT2D eigenvalue weighted by molar-refractivity contribution is 0.503. The number of hydrogen-bond donors (Lipinski definition) is 1. The average molecular weight is 378 g/mol. The van der Waals surface area contributed by atoms with Gasteiger partial charge in [0, 0.05) is 16.6 Å². The van der Waals surface area contributed by atoms with Crippen molar-refractivity contribution < 1.29 is 0 Å². The van der Waals surface area contributed by atoms with E-state index in [0.717, 1.165) is 30.4 Å². The van der Waals surface area contributed by atoms with Gasteiger partial charge in [-0.15, -0.1) is 0 Å². The summed E-state index contributed by atoms with van der Waals surface area (Å²) >= 11 is 0. The number of benzene rings is 1. The van der Waals surface area contributed by atoms with Gasteiger partial charge in [0.25, 0.3) is 0 Å². The van der Waals surface area contributed by atoms with Gasteiger partial charge in [0.15, 0.2) is 0 Å². The molecule has 0 radical (unpaired) electrons. The molecule has 2 aromatic rings. The maximum atomic E-state index is 4.35. The summed E-state index contributed by atoms with van der Waals surface area (Å²) in [5, 5.41) is 1.41. The van der Waals surface area contributed by atoms with E-state index in [1.54, 1.807) is 0 Å². The molecule has 28 heavy (non-hydrogen) atoms. The summed E-state index contributed by atoms with van der Waals surface area (Å²) in [6.45, 7) is 26.5. The van der Waals surface area contributed by atoms with Gasteiger partial charge in [-0.3, -0.25) is 0 Å². The van der Waals surface area contributed by atoms with Crippen LogP contribution in [0.5, 0.6) is 0 Å². The molecule has 1 heterocycles. The van der Waals surface area contributed by atoms with E-state index in [2.05, 4.69) is 91.7 Å². The van der Waals surface area contributed by atoms with Gasteiger partial charge >= 0.3 is 0 Å². The molecule has 1 N–H and O–H groups in total. The molecule has 2 rings (SSSR count). The lowest BCUT2D eigenvalue weighted by Crippen LogP contribution is -2.07.